The second-order valence-corrected chi connectivity index (χ2v) is 8.03. The normalized spacial score (nSPS) is 38.2. The maximum atomic E-state index is 11.7. The second kappa shape index (κ2) is 11.6. The summed E-state index contributed by atoms with van der Waals surface area (Å²) >= 11 is 0. The second-order valence-electron chi connectivity index (χ2n) is 8.03. The molecule has 0 aromatic heterocycles. The van der Waals surface area contributed by atoms with Crippen LogP contribution in [-0.4, -0.2) is 118 Å². The molecule has 13 nitrogen and oxygen atoms in total. The Morgan fingerprint density at radius 1 is 0.882 bits per heavy atom. The molecule has 2 aliphatic rings. The van der Waals surface area contributed by atoms with Gasteiger partial charge in [-0.05, 0) is 24.3 Å². The van der Waals surface area contributed by atoms with Crippen LogP contribution >= 0.6 is 0 Å². The van der Waals surface area contributed by atoms with E-state index in [9.17, 15) is 35.4 Å². The van der Waals surface area contributed by atoms with E-state index >= 15 is 0 Å². The van der Waals surface area contributed by atoms with E-state index in [2.05, 4.69) is 5.32 Å². The number of methoxy groups -OCH3 is 1. The summed E-state index contributed by atoms with van der Waals surface area (Å²) in [6.07, 6.45) is -13.1. The zero-order valence-corrected chi connectivity index (χ0v) is 18.6. The Morgan fingerprint density at radius 2 is 1.41 bits per heavy atom. The quantitative estimate of drug-likeness (QED) is 0.194. The Morgan fingerprint density at radius 3 is 1.94 bits per heavy atom. The van der Waals surface area contributed by atoms with Crippen LogP contribution < -0.4 is 14.8 Å². The fourth-order valence-electron chi connectivity index (χ4n) is 3.83. The number of hydrogen-bond donors (Lipinski definition) is 7. The van der Waals surface area contributed by atoms with Crippen molar-refractivity contribution >= 4 is 5.91 Å². The lowest BCUT2D eigenvalue weighted by Gasteiger charge is -2.47. The zero-order valence-electron chi connectivity index (χ0n) is 18.6. The first kappa shape index (κ1) is 26.5. The molecule has 0 saturated carbocycles. The van der Waals surface area contributed by atoms with E-state index in [0.29, 0.717) is 5.75 Å². The first-order valence-electron chi connectivity index (χ1n) is 10.7. The van der Waals surface area contributed by atoms with Crippen molar-refractivity contribution in [3.05, 3.63) is 24.3 Å². The van der Waals surface area contributed by atoms with Gasteiger partial charge in [0.2, 0.25) is 12.2 Å². The van der Waals surface area contributed by atoms with Crippen LogP contribution in [0.3, 0.4) is 0 Å². The summed E-state index contributed by atoms with van der Waals surface area (Å²) in [5.41, 5.74) is 0. The van der Waals surface area contributed by atoms with E-state index in [1.54, 1.807) is 24.3 Å². The predicted octanol–water partition coefficient (Wildman–Crippen LogP) is -3.16. The van der Waals surface area contributed by atoms with E-state index in [0.717, 1.165) is 0 Å². The van der Waals surface area contributed by atoms with Crippen molar-refractivity contribution < 1.29 is 59.1 Å². The Kier molecular flexibility index (Phi) is 9.03. The highest BCUT2D eigenvalue weighted by molar-refractivity contribution is 5.73. The Bertz CT molecular complexity index is 794. The van der Waals surface area contributed by atoms with Crippen molar-refractivity contribution in [3.8, 4) is 11.5 Å². The smallest absolute Gasteiger partial charge is 0.229 e. The number of carbonyl (C=O) groups excluding carboxylic acids is 1. The van der Waals surface area contributed by atoms with Crippen LogP contribution in [0.1, 0.15) is 6.92 Å². The van der Waals surface area contributed by atoms with Crippen LogP contribution in [0, 0.1) is 0 Å². The third kappa shape index (κ3) is 5.76. The molecule has 2 fully saturated rings. The van der Waals surface area contributed by atoms with Gasteiger partial charge in [-0.1, -0.05) is 0 Å². The van der Waals surface area contributed by atoms with Crippen molar-refractivity contribution in [2.24, 2.45) is 0 Å². The van der Waals surface area contributed by atoms with E-state index in [-0.39, 0.29) is 5.75 Å². The molecule has 1 amide bonds. The summed E-state index contributed by atoms with van der Waals surface area (Å²) in [7, 11) is 1.49. The Balaban J connectivity index is 1.87. The molecule has 0 aliphatic carbocycles. The number of nitrogens with one attached hydrogen (secondary N) is 1. The molecular weight excluding hydrogens is 458 g/mol. The largest absolute Gasteiger partial charge is 0.497 e. The maximum Gasteiger partial charge on any atom is 0.229 e. The molecule has 34 heavy (non-hydrogen) atoms. The standard InChI is InChI=1S/C21H31NO12/c1-9(25)22-14-17(28)15(26)12(7-23)32-20(14)34-19-18(29)16(27)13(8-24)33-21(19)31-11-5-3-10(30-2)4-6-11/h3-6,12-21,23-24,26-29H,7-8H2,1-2H3,(H,22,25)/t12?,13?,14?,15-,16-,17?,18?,19?,20+,21+/m1/s1. The molecule has 1 aromatic rings. The van der Waals surface area contributed by atoms with Gasteiger partial charge in [-0.3, -0.25) is 4.79 Å². The van der Waals surface area contributed by atoms with Crippen LogP contribution in [-0.2, 0) is 19.0 Å². The Hall–Kier alpha value is -2.07. The van der Waals surface area contributed by atoms with Crippen LogP contribution in [0.5, 0.6) is 11.5 Å². The van der Waals surface area contributed by atoms with Gasteiger partial charge in [-0.25, -0.2) is 0 Å². The molecule has 1 aromatic carbocycles. The fourth-order valence-corrected chi connectivity index (χ4v) is 3.83. The molecule has 2 saturated heterocycles. The highest BCUT2D eigenvalue weighted by atomic mass is 16.8. The minimum atomic E-state index is -1.65. The number of aliphatic hydroxyl groups is 6. The minimum absolute atomic E-state index is 0.284. The number of carbonyl (C=O) groups is 1. The molecule has 2 heterocycles. The SMILES string of the molecule is COc1ccc(O[C@H]2OC(CO)[C@@H](O)C(O)C2O[C@@H]2OC(CO)[C@@H](O)C(O)C2NC(C)=O)cc1. The molecule has 3 rings (SSSR count). The first-order valence-corrected chi connectivity index (χ1v) is 10.7. The van der Waals surface area contributed by atoms with Gasteiger partial charge in [0.15, 0.2) is 12.4 Å². The topological polar surface area (TPSA) is 197 Å². The van der Waals surface area contributed by atoms with Crippen molar-refractivity contribution in [2.75, 3.05) is 20.3 Å². The highest BCUT2D eigenvalue weighted by Gasteiger charge is 2.51. The van der Waals surface area contributed by atoms with Crippen molar-refractivity contribution in [1.29, 1.82) is 0 Å². The fraction of sp³-hybridized carbons (Fsp3) is 0.667. The average Bonchev–Trinajstić information content (AvgIpc) is 2.83. The summed E-state index contributed by atoms with van der Waals surface area (Å²) < 4.78 is 27.8. The van der Waals surface area contributed by atoms with Gasteiger partial charge < -0.3 is 59.6 Å². The lowest BCUT2D eigenvalue weighted by Crippen LogP contribution is -2.68. The number of hydrogen-bond acceptors (Lipinski definition) is 12. The highest BCUT2D eigenvalue weighted by Crippen LogP contribution is 2.31. The molecule has 13 heteroatoms. The van der Waals surface area contributed by atoms with Gasteiger partial charge >= 0.3 is 0 Å². The van der Waals surface area contributed by atoms with Crippen molar-refractivity contribution in [3.63, 3.8) is 0 Å². The summed E-state index contributed by atoms with van der Waals surface area (Å²) in [6, 6.07) is 5.05. The van der Waals surface area contributed by atoms with Gasteiger partial charge in [0.05, 0.1) is 20.3 Å². The van der Waals surface area contributed by atoms with Gasteiger partial charge in [-0.2, -0.15) is 0 Å². The molecule has 2 aliphatic heterocycles. The lowest BCUT2D eigenvalue weighted by molar-refractivity contribution is -0.343. The van der Waals surface area contributed by atoms with Gasteiger partial charge in [0.25, 0.3) is 0 Å². The van der Waals surface area contributed by atoms with Crippen LogP contribution in [0.4, 0.5) is 0 Å². The summed E-state index contributed by atoms with van der Waals surface area (Å²) in [5.74, 6) is 0.277. The van der Waals surface area contributed by atoms with Gasteiger partial charge in [0.1, 0.15) is 54.2 Å². The Labute approximate surface area is 195 Å². The van der Waals surface area contributed by atoms with Gasteiger partial charge in [-0.15, -0.1) is 0 Å². The molecule has 0 radical (unpaired) electrons. The van der Waals surface area contributed by atoms with Crippen LogP contribution in [0.25, 0.3) is 0 Å². The van der Waals surface area contributed by atoms with E-state index in [1.165, 1.54) is 14.0 Å². The molecule has 192 valence electrons. The van der Waals surface area contributed by atoms with E-state index < -0.39 is 80.5 Å². The maximum absolute atomic E-state index is 11.7. The number of ether oxygens (including phenoxy) is 5. The lowest BCUT2D eigenvalue weighted by atomic mass is 9.95. The van der Waals surface area contributed by atoms with E-state index in [1.807, 2.05) is 0 Å². The van der Waals surface area contributed by atoms with Crippen LogP contribution in [0.2, 0.25) is 0 Å². The molecule has 0 bridgehead atoms. The molecular formula is C21H31NO12. The average molecular weight is 489 g/mol. The first-order chi connectivity index (χ1) is 16.2. The molecule has 0 spiro atoms. The minimum Gasteiger partial charge on any atom is -0.497 e. The summed E-state index contributed by atoms with van der Waals surface area (Å²) in [5, 5.41) is 63.2. The summed E-state index contributed by atoms with van der Waals surface area (Å²) in [6.45, 7) is -0.118. The number of aliphatic hydroxyl groups excluding tert-OH is 6. The van der Waals surface area contributed by atoms with Crippen LogP contribution in [0.15, 0.2) is 24.3 Å². The van der Waals surface area contributed by atoms with E-state index in [4.69, 9.17) is 23.7 Å². The number of benzene rings is 1. The monoisotopic (exact) mass is 489 g/mol. The summed E-state index contributed by atoms with van der Waals surface area (Å²) in [4.78, 5) is 11.7. The predicted molar refractivity (Wildman–Crippen MR) is 112 cm³/mol. The molecule has 10 atom stereocenters. The van der Waals surface area contributed by atoms with Crippen molar-refractivity contribution in [2.45, 2.75) is 68.3 Å². The molecule has 6 unspecified atom stereocenters. The third-order valence-corrected chi connectivity index (χ3v) is 5.68. The van der Waals surface area contributed by atoms with Crippen molar-refractivity contribution in [1.82, 2.24) is 5.32 Å². The number of amides is 1. The number of rotatable bonds is 8. The van der Waals surface area contributed by atoms with Gasteiger partial charge in [0, 0.05) is 6.92 Å². The zero-order chi connectivity index (χ0) is 25.0. The molecule has 7 N–H and O–H groups in total. The third-order valence-electron chi connectivity index (χ3n) is 5.68.